The summed E-state index contributed by atoms with van der Waals surface area (Å²) < 4.78 is 5.36. The fourth-order valence-electron chi connectivity index (χ4n) is 1.39. The molecule has 0 bridgehead atoms. The molecule has 0 aromatic carbocycles. The Morgan fingerprint density at radius 3 is 2.93 bits per heavy atom. The summed E-state index contributed by atoms with van der Waals surface area (Å²) in [5.41, 5.74) is 5.73. The first-order valence-corrected chi connectivity index (χ1v) is 6.11. The van der Waals surface area contributed by atoms with Crippen LogP contribution in [0.15, 0.2) is 22.8 Å². The molecule has 0 aliphatic rings. The second-order valence-corrected chi connectivity index (χ2v) is 4.23. The third-order valence-electron chi connectivity index (χ3n) is 2.28. The molecule has 1 atom stereocenters. The Morgan fingerprint density at radius 2 is 2.43 bits per heavy atom. The van der Waals surface area contributed by atoms with Crippen LogP contribution in [0.25, 0.3) is 0 Å². The van der Waals surface area contributed by atoms with Crippen LogP contribution in [0.2, 0.25) is 0 Å². The summed E-state index contributed by atoms with van der Waals surface area (Å²) in [6.07, 6.45) is 3.80. The molecule has 0 spiro atoms. The molecule has 0 amide bonds. The van der Waals surface area contributed by atoms with Gasteiger partial charge in [-0.25, -0.2) is 0 Å². The number of nitrogens with two attached hydrogens (primary N) is 1. The summed E-state index contributed by atoms with van der Waals surface area (Å²) in [6, 6.07) is 4.09. The Balaban J connectivity index is 2.53. The van der Waals surface area contributed by atoms with Crippen molar-refractivity contribution in [3.63, 3.8) is 0 Å². The summed E-state index contributed by atoms with van der Waals surface area (Å²) in [4.78, 5) is 2.23. The predicted octanol–water partition coefficient (Wildman–Crippen LogP) is 1.57. The van der Waals surface area contributed by atoms with Crippen molar-refractivity contribution in [2.45, 2.75) is 6.04 Å². The molecule has 0 radical (unpaired) electrons. The molecule has 1 unspecified atom stereocenters. The smallest absolute Gasteiger partial charge is 0.122 e. The summed E-state index contributed by atoms with van der Waals surface area (Å²) in [7, 11) is 2.08. The van der Waals surface area contributed by atoms with Crippen molar-refractivity contribution >= 4 is 11.8 Å². The van der Waals surface area contributed by atoms with E-state index in [2.05, 4.69) is 18.2 Å². The summed E-state index contributed by atoms with van der Waals surface area (Å²) in [6.45, 7) is 1.63. The van der Waals surface area contributed by atoms with Gasteiger partial charge in [0.05, 0.1) is 12.3 Å². The quantitative estimate of drug-likeness (QED) is 0.780. The SMILES string of the molecule is CSCCN(C)C(CN)c1ccco1. The lowest BCUT2D eigenvalue weighted by molar-refractivity contribution is 0.233. The Morgan fingerprint density at radius 1 is 1.64 bits per heavy atom. The minimum Gasteiger partial charge on any atom is -0.468 e. The molecule has 0 fully saturated rings. The molecular weight excluding hydrogens is 196 g/mol. The predicted molar refractivity (Wildman–Crippen MR) is 61.5 cm³/mol. The lowest BCUT2D eigenvalue weighted by Gasteiger charge is -2.24. The van der Waals surface area contributed by atoms with Gasteiger partial charge in [0.2, 0.25) is 0 Å². The first kappa shape index (κ1) is 11.6. The Hall–Kier alpha value is -0.450. The van der Waals surface area contributed by atoms with Gasteiger partial charge in [-0.2, -0.15) is 11.8 Å². The molecule has 80 valence electrons. The molecule has 1 rings (SSSR count). The van der Waals surface area contributed by atoms with Gasteiger partial charge < -0.3 is 10.2 Å². The van der Waals surface area contributed by atoms with E-state index < -0.39 is 0 Å². The van der Waals surface area contributed by atoms with E-state index in [0.717, 1.165) is 18.1 Å². The molecule has 1 heterocycles. The highest BCUT2D eigenvalue weighted by Crippen LogP contribution is 2.18. The van der Waals surface area contributed by atoms with Gasteiger partial charge in [0.25, 0.3) is 0 Å². The third kappa shape index (κ3) is 3.04. The monoisotopic (exact) mass is 214 g/mol. The molecule has 2 N–H and O–H groups in total. The van der Waals surface area contributed by atoms with Gasteiger partial charge in [0.15, 0.2) is 0 Å². The molecular formula is C10H18N2OS. The maximum absolute atomic E-state index is 5.73. The zero-order valence-corrected chi connectivity index (χ0v) is 9.59. The third-order valence-corrected chi connectivity index (χ3v) is 2.87. The van der Waals surface area contributed by atoms with Gasteiger partial charge in [-0.1, -0.05) is 0 Å². The molecule has 0 saturated heterocycles. The summed E-state index contributed by atoms with van der Waals surface area (Å²) >= 11 is 1.84. The number of hydrogen-bond acceptors (Lipinski definition) is 4. The van der Waals surface area contributed by atoms with E-state index >= 15 is 0 Å². The fraction of sp³-hybridized carbons (Fsp3) is 0.600. The topological polar surface area (TPSA) is 42.4 Å². The van der Waals surface area contributed by atoms with Crippen LogP contribution in [0.1, 0.15) is 11.8 Å². The van der Waals surface area contributed by atoms with Crippen LogP contribution in [-0.2, 0) is 0 Å². The molecule has 14 heavy (non-hydrogen) atoms. The van der Waals surface area contributed by atoms with Crippen molar-refractivity contribution in [1.29, 1.82) is 0 Å². The summed E-state index contributed by atoms with van der Waals surface area (Å²) in [5.74, 6) is 2.07. The molecule has 0 aliphatic carbocycles. The van der Waals surface area contributed by atoms with Crippen LogP contribution in [-0.4, -0.2) is 37.0 Å². The summed E-state index contributed by atoms with van der Waals surface area (Å²) in [5, 5.41) is 0. The van der Waals surface area contributed by atoms with Gasteiger partial charge in [0, 0.05) is 18.8 Å². The van der Waals surface area contributed by atoms with Crippen molar-refractivity contribution in [3.05, 3.63) is 24.2 Å². The van der Waals surface area contributed by atoms with E-state index in [4.69, 9.17) is 10.2 Å². The van der Waals surface area contributed by atoms with E-state index in [-0.39, 0.29) is 6.04 Å². The van der Waals surface area contributed by atoms with Crippen LogP contribution in [0, 0.1) is 0 Å². The highest BCUT2D eigenvalue weighted by molar-refractivity contribution is 7.98. The number of rotatable bonds is 6. The van der Waals surface area contributed by atoms with Crippen molar-refractivity contribution < 1.29 is 4.42 Å². The Kier molecular flexibility index (Phi) is 5.07. The maximum atomic E-state index is 5.73. The molecule has 1 aromatic heterocycles. The fourth-order valence-corrected chi connectivity index (χ4v) is 1.86. The zero-order chi connectivity index (χ0) is 10.4. The van der Waals surface area contributed by atoms with Gasteiger partial charge >= 0.3 is 0 Å². The number of furan rings is 1. The maximum Gasteiger partial charge on any atom is 0.122 e. The first-order chi connectivity index (χ1) is 6.79. The highest BCUT2D eigenvalue weighted by Gasteiger charge is 2.16. The number of thioether (sulfide) groups is 1. The average Bonchev–Trinajstić information content (AvgIpc) is 2.69. The number of hydrogen-bond donors (Lipinski definition) is 1. The van der Waals surface area contributed by atoms with Crippen LogP contribution >= 0.6 is 11.8 Å². The van der Waals surface area contributed by atoms with E-state index in [1.54, 1.807) is 6.26 Å². The van der Waals surface area contributed by atoms with Crippen molar-refractivity contribution in [1.82, 2.24) is 4.90 Å². The molecule has 4 heteroatoms. The van der Waals surface area contributed by atoms with Crippen molar-refractivity contribution in [2.75, 3.05) is 32.1 Å². The van der Waals surface area contributed by atoms with Crippen molar-refractivity contribution in [3.8, 4) is 0 Å². The Labute approximate surface area is 89.6 Å². The molecule has 0 aliphatic heterocycles. The zero-order valence-electron chi connectivity index (χ0n) is 8.77. The molecule has 3 nitrogen and oxygen atoms in total. The number of nitrogens with zero attached hydrogens (tertiary/aromatic N) is 1. The number of likely N-dealkylation sites (N-methyl/N-ethyl adjacent to an activating group) is 1. The second kappa shape index (κ2) is 6.11. The van der Waals surface area contributed by atoms with E-state index in [0.29, 0.717) is 6.54 Å². The first-order valence-electron chi connectivity index (χ1n) is 4.72. The lowest BCUT2D eigenvalue weighted by Crippen LogP contribution is -2.31. The van der Waals surface area contributed by atoms with Crippen molar-refractivity contribution in [2.24, 2.45) is 5.73 Å². The Bertz CT molecular complexity index is 238. The molecule has 1 aromatic rings. The standard InChI is InChI=1S/C10H18N2OS/c1-12(5-7-14-2)9(8-11)10-4-3-6-13-10/h3-4,6,9H,5,7-8,11H2,1-2H3. The van der Waals surface area contributed by atoms with Gasteiger partial charge in [0.1, 0.15) is 5.76 Å². The van der Waals surface area contributed by atoms with Gasteiger partial charge in [-0.05, 0) is 25.4 Å². The van der Waals surface area contributed by atoms with E-state index in [1.807, 2.05) is 23.9 Å². The van der Waals surface area contributed by atoms with E-state index in [9.17, 15) is 0 Å². The highest BCUT2D eigenvalue weighted by atomic mass is 32.2. The van der Waals surface area contributed by atoms with Crippen LogP contribution < -0.4 is 5.73 Å². The molecule has 0 saturated carbocycles. The van der Waals surface area contributed by atoms with Crippen LogP contribution in [0.3, 0.4) is 0 Å². The minimum absolute atomic E-state index is 0.206. The lowest BCUT2D eigenvalue weighted by atomic mass is 10.2. The average molecular weight is 214 g/mol. The van der Waals surface area contributed by atoms with E-state index in [1.165, 1.54) is 0 Å². The van der Waals surface area contributed by atoms with Gasteiger partial charge in [-0.3, -0.25) is 4.90 Å². The second-order valence-electron chi connectivity index (χ2n) is 3.24. The van der Waals surface area contributed by atoms with Crippen LogP contribution in [0.5, 0.6) is 0 Å². The van der Waals surface area contributed by atoms with Gasteiger partial charge in [-0.15, -0.1) is 0 Å². The minimum atomic E-state index is 0.206. The normalized spacial score (nSPS) is 13.4. The largest absolute Gasteiger partial charge is 0.468 e. The van der Waals surface area contributed by atoms with Crippen LogP contribution in [0.4, 0.5) is 0 Å².